The molecule has 2 aromatic carbocycles. The van der Waals surface area contributed by atoms with Crippen LogP contribution in [0.5, 0.6) is 5.75 Å². The second-order valence-corrected chi connectivity index (χ2v) is 6.02. The molecule has 0 atom stereocenters. The first-order valence-electron chi connectivity index (χ1n) is 8.56. The van der Waals surface area contributed by atoms with Crippen LogP contribution in [0.15, 0.2) is 59.3 Å². The molecule has 2 N–H and O–H groups in total. The standard InChI is InChI=1S/C20H18N4O3/c1-26-15-7-8-17-16(11-15)14(12-22-17)9-10-21-19(25)20-23-18(24-27-20)13-5-3-2-4-6-13/h2-8,11-12,22H,9-10H2,1H3,(H,21,25). The van der Waals surface area contributed by atoms with E-state index in [1.807, 2.05) is 54.7 Å². The number of aromatic nitrogens is 3. The van der Waals surface area contributed by atoms with E-state index in [2.05, 4.69) is 20.4 Å². The van der Waals surface area contributed by atoms with Crippen molar-refractivity contribution in [1.29, 1.82) is 0 Å². The van der Waals surface area contributed by atoms with Gasteiger partial charge in [0.2, 0.25) is 5.82 Å². The Morgan fingerprint density at radius 3 is 2.89 bits per heavy atom. The largest absolute Gasteiger partial charge is 0.497 e. The summed E-state index contributed by atoms with van der Waals surface area (Å²) in [6.45, 7) is 0.450. The molecule has 0 radical (unpaired) electrons. The number of hydrogen-bond donors (Lipinski definition) is 2. The van der Waals surface area contributed by atoms with Gasteiger partial charge in [-0.05, 0) is 30.2 Å². The van der Waals surface area contributed by atoms with Crippen molar-refractivity contribution in [1.82, 2.24) is 20.4 Å². The second kappa shape index (κ2) is 7.33. The predicted octanol–water partition coefficient (Wildman–Crippen LogP) is 3.20. The van der Waals surface area contributed by atoms with E-state index < -0.39 is 0 Å². The third kappa shape index (κ3) is 3.52. The van der Waals surface area contributed by atoms with Crippen molar-refractivity contribution in [3.05, 3.63) is 66.2 Å². The molecule has 1 amide bonds. The highest BCUT2D eigenvalue weighted by atomic mass is 16.5. The van der Waals surface area contributed by atoms with E-state index in [1.165, 1.54) is 0 Å². The highest BCUT2D eigenvalue weighted by Crippen LogP contribution is 2.23. The maximum absolute atomic E-state index is 12.2. The maximum Gasteiger partial charge on any atom is 0.316 e. The van der Waals surface area contributed by atoms with Crippen molar-refractivity contribution in [2.75, 3.05) is 13.7 Å². The van der Waals surface area contributed by atoms with Gasteiger partial charge < -0.3 is 19.6 Å². The van der Waals surface area contributed by atoms with E-state index in [4.69, 9.17) is 9.26 Å². The molecular formula is C20H18N4O3. The first-order valence-corrected chi connectivity index (χ1v) is 8.56. The number of benzene rings is 2. The number of carbonyl (C=O) groups excluding carboxylic acids is 1. The number of nitrogens with zero attached hydrogens (tertiary/aromatic N) is 2. The summed E-state index contributed by atoms with van der Waals surface area (Å²) < 4.78 is 10.3. The van der Waals surface area contributed by atoms with Gasteiger partial charge in [0.1, 0.15) is 5.75 Å². The van der Waals surface area contributed by atoms with Crippen LogP contribution in [0.2, 0.25) is 0 Å². The van der Waals surface area contributed by atoms with Crippen LogP contribution >= 0.6 is 0 Å². The lowest BCUT2D eigenvalue weighted by Gasteiger charge is -2.03. The Balaban J connectivity index is 1.40. The first-order chi connectivity index (χ1) is 13.2. The number of hydrogen-bond acceptors (Lipinski definition) is 5. The Morgan fingerprint density at radius 2 is 2.07 bits per heavy atom. The van der Waals surface area contributed by atoms with Gasteiger partial charge in [0.15, 0.2) is 0 Å². The molecule has 136 valence electrons. The third-order valence-corrected chi connectivity index (χ3v) is 4.31. The monoisotopic (exact) mass is 362 g/mol. The van der Waals surface area contributed by atoms with Gasteiger partial charge in [-0.25, -0.2) is 0 Å². The molecule has 0 aliphatic carbocycles. The number of rotatable bonds is 6. The maximum atomic E-state index is 12.2. The Labute approximate surface area is 155 Å². The molecule has 0 bridgehead atoms. The van der Waals surface area contributed by atoms with Crippen LogP contribution in [0.25, 0.3) is 22.3 Å². The van der Waals surface area contributed by atoms with Crippen molar-refractivity contribution < 1.29 is 14.1 Å². The van der Waals surface area contributed by atoms with Crippen LogP contribution in [0.1, 0.15) is 16.2 Å². The van der Waals surface area contributed by atoms with Crippen molar-refractivity contribution in [2.45, 2.75) is 6.42 Å². The SMILES string of the molecule is COc1ccc2[nH]cc(CCNC(=O)c3nc(-c4ccccc4)no3)c2c1. The summed E-state index contributed by atoms with van der Waals surface area (Å²) in [5.74, 6) is 0.757. The minimum Gasteiger partial charge on any atom is -0.497 e. The van der Waals surface area contributed by atoms with Crippen molar-refractivity contribution in [3.8, 4) is 17.1 Å². The molecule has 0 spiro atoms. The molecule has 0 unspecified atom stereocenters. The lowest BCUT2D eigenvalue weighted by atomic mass is 10.1. The quantitative estimate of drug-likeness (QED) is 0.549. The zero-order chi connectivity index (χ0) is 18.6. The molecule has 4 rings (SSSR count). The minimum absolute atomic E-state index is 0.0468. The van der Waals surface area contributed by atoms with Crippen LogP contribution in [-0.2, 0) is 6.42 Å². The molecule has 0 fully saturated rings. The van der Waals surface area contributed by atoms with Crippen LogP contribution in [-0.4, -0.2) is 34.7 Å². The fourth-order valence-electron chi connectivity index (χ4n) is 2.90. The number of carbonyl (C=O) groups is 1. The van der Waals surface area contributed by atoms with E-state index in [-0.39, 0.29) is 11.8 Å². The van der Waals surface area contributed by atoms with Crippen molar-refractivity contribution >= 4 is 16.8 Å². The van der Waals surface area contributed by atoms with Crippen LogP contribution < -0.4 is 10.1 Å². The van der Waals surface area contributed by atoms with Gasteiger partial charge in [-0.1, -0.05) is 35.5 Å². The molecule has 0 saturated heterocycles. The van der Waals surface area contributed by atoms with Gasteiger partial charge in [-0.15, -0.1) is 0 Å². The van der Waals surface area contributed by atoms with Gasteiger partial charge in [-0.3, -0.25) is 4.79 Å². The number of fused-ring (bicyclic) bond motifs is 1. The Morgan fingerprint density at radius 1 is 1.22 bits per heavy atom. The summed E-state index contributed by atoms with van der Waals surface area (Å²) in [5.41, 5.74) is 2.93. The predicted molar refractivity (Wildman–Crippen MR) is 101 cm³/mol. The Hall–Kier alpha value is -3.61. The summed E-state index contributed by atoms with van der Waals surface area (Å²) in [4.78, 5) is 19.6. The van der Waals surface area contributed by atoms with E-state index in [9.17, 15) is 4.79 Å². The van der Waals surface area contributed by atoms with E-state index in [0.29, 0.717) is 18.8 Å². The summed E-state index contributed by atoms with van der Waals surface area (Å²) in [7, 11) is 1.64. The van der Waals surface area contributed by atoms with Crippen LogP contribution in [0, 0.1) is 0 Å². The van der Waals surface area contributed by atoms with Crippen molar-refractivity contribution in [2.24, 2.45) is 0 Å². The number of H-pyrrole nitrogens is 1. The summed E-state index contributed by atoms with van der Waals surface area (Å²) in [5, 5.41) is 7.75. The highest BCUT2D eigenvalue weighted by Gasteiger charge is 2.16. The van der Waals surface area contributed by atoms with Gasteiger partial charge >= 0.3 is 11.8 Å². The van der Waals surface area contributed by atoms with Gasteiger partial charge in [0.25, 0.3) is 0 Å². The number of amides is 1. The molecule has 0 aliphatic rings. The lowest BCUT2D eigenvalue weighted by molar-refractivity contribution is 0.0910. The lowest BCUT2D eigenvalue weighted by Crippen LogP contribution is -2.25. The zero-order valence-electron chi connectivity index (χ0n) is 14.7. The fraction of sp³-hybridized carbons (Fsp3) is 0.150. The molecule has 27 heavy (non-hydrogen) atoms. The van der Waals surface area contributed by atoms with E-state index >= 15 is 0 Å². The van der Waals surface area contributed by atoms with Gasteiger partial charge in [0, 0.05) is 29.2 Å². The van der Waals surface area contributed by atoms with Crippen molar-refractivity contribution in [3.63, 3.8) is 0 Å². The summed E-state index contributed by atoms with van der Waals surface area (Å²) >= 11 is 0. The van der Waals surface area contributed by atoms with Gasteiger partial charge in [-0.2, -0.15) is 4.98 Å². The summed E-state index contributed by atoms with van der Waals surface area (Å²) in [6.07, 6.45) is 2.61. The number of nitrogens with one attached hydrogen (secondary N) is 2. The Kier molecular flexibility index (Phi) is 4.57. The molecule has 0 saturated carbocycles. The summed E-state index contributed by atoms with van der Waals surface area (Å²) in [6, 6.07) is 15.2. The molecule has 7 heteroatoms. The smallest absolute Gasteiger partial charge is 0.316 e. The topological polar surface area (TPSA) is 93.0 Å². The van der Waals surface area contributed by atoms with Gasteiger partial charge in [0.05, 0.1) is 7.11 Å². The number of aromatic amines is 1. The molecule has 0 aliphatic heterocycles. The Bertz CT molecular complexity index is 1070. The molecule has 2 aromatic heterocycles. The first kappa shape index (κ1) is 16.8. The highest BCUT2D eigenvalue weighted by molar-refractivity contribution is 5.90. The fourth-order valence-corrected chi connectivity index (χ4v) is 2.90. The normalized spacial score (nSPS) is 10.9. The average Bonchev–Trinajstić information content (AvgIpc) is 3.36. The number of ether oxygens (including phenoxy) is 1. The van der Waals surface area contributed by atoms with Crippen LogP contribution in [0.3, 0.4) is 0 Å². The van der Waals surface area contributed by atoms with E-state index in [1.54, 1.807) is 7.11 Å². The minimum atomic E-state index is -0.387. The molecule has 4 aromatic rings. The average molecular weight is 362 g/mol. The second-order valence-electron chi connectivity index (χ2n) is 6.02. The zero-order valence-corrected chi connectivity index (χ0v) is 14.7. The molecule has 7 nitrogen and oxygen atoms in total. The van der Waals surface area contributed by atoms with Crippen LogP contribution in [0.4, 0.5) is 0 Å². The third-order valence-electron chi connectivity index (χ3n) is 4.31. The molecule has 2 heterocycles. The van der Waals surface area contributed by atoms with E-state index in [0.717, 1.165) is 27.8 Å². The number of methoxy groups -OCH3 is 1. The molecular weight excluding hydrogens is 344 g/mol.